The lowest BCUT2D eigenvalue weighted by Crippen LogP contribution is -1.99. The van der Waals surface area contributed by atoms with Crippen LogP contribution < -0.4 is 0 Å². The lowest BCUT2D eigenvalue weighted by atomic mass is 10.2. The van der Waals surface area contributed by atoms with E-state index in [0.717, 1.165) is 18.7 Å². The molecule has 1 aromatic heterocycles. The van der Waals surface area contributed by atoms with Crippen LogP contribution in [0.4, 0.5) is 0 Å². The summed E-state index contributed by atoms with van der Waals surface area (Å²) in [6.07, 6.45) is 3.49. The van der Waals surface area contributed by atoms with Gasteiger partial charge in [-0.15, -0.1) is 5.10 Å². The van der Waals surface area contributed by atoms with Gasteiger partial charge in [0, 0.05) is 6.54 Å². The van der Waals surface area contributed by atoms with E-state index in [1.54, 1.807) is 0 Å². The molecule has 0 N–H and O–H groups in total. The summed E-state index contributed by atoms with van der Waals surface area (Å²) in [5, 5.41) is 8.18. The van der Waals surface area contributed by atoms with Crippen molar-refractivity contribution in [3.05, 3.63) is 9.39 Å². The van der Waals surface area contributed by atoms with Gasteiger partial charge in [-0.2, -0.15) is 0 Å². The summed E-state index contributed by atoms with van der Waals surface area (Å²) >= 11 is 2.31. The Hall–Kier alpha value is -0.130. The molecule has 0 amide bonds. The summed E-state index contributed by atoms with van der Waals surface area (Å²) in [4.78, 5) is 0. The zero-order valence-electron chi connectivity index (χ0n) is 7.55. The van der Waals surface area contributed by atoms with Crippen LogP contribution in [-0.4, -0.2) is 15.0 Å². The van der Waals surface area contributed by atoms with Crippen LogP contribution >= 0.6 is 22.6 Å². The molecule has 0 atom stereocenters. The summed E-state index contributed by atoms with van der Waals surface area (Å²) in [6.45, 7) is 5.19. The number of nitrogens with zero attached hydrogens (tertiary/aromatic N) is 3. The van der Waals surface area contributed by atoms with Gasteiger partial charge in [0.05, 0.1) is 5.69 Å². The van der Waals surface area contributed by atoms with E-state index in [1.807, 2.05) is 4.68 Å². The molecule has 12 heavy (non-hydrogen) atoms. The number of aromatic nitrogens is 3. The third-order valence-corrected chi connectivity index (χ3v) is 2.98. The highest BCUT2D eigenvalue weighted by Crippen LogP contribution is 2.11. The van der Waals surface area contributed by atoms with Crippen molar-refractivity contribution < 1.29 is 0 Å². The Kier molecular flexibility index (Phi) is 3.97. The molecule has 0 aliphatic heterocycles. The smallest absolute Gasteiger partial charge is 0.122 e. The summed E-state index contributed by atoms with van der Waals surface area (Å²) in [7, 11) is 0. The molecule has 3 nitrogen and oxygen atoms in total. The minimum absolute atomic E-state index is 0.914. The van der Waals surface area contributed by atoms with Crippen LogP contribution in [-0.2, 0) is 13.0 Å². The van der Waals surface area contributed by atoms with E-state index in [9.17, 15) is 0 Å². The first kappa shape index (κ1) is 9.95. The Morgan fingerprint density at radius 1 is 1.42 bits per heavy atom. The lowest BCUT2D eigenvalue weighted by Gasteiger charge is -1.96. The van der Waals surface area contributed by atoms with Gasteiger partial charge in [-0.1, -0.05) is 18.6 Å². The van der Waals surface area contributed by atoms with E-state index in [1.165, 1.54) is 16.5 Å². The van der Waals surface area contributed by atoms with Crippen molar-refractivity contribution in [1.29, 1.82) is 0 Å². The molecule has 68 valence electrons. The van der Waals surface area contributed by atoms with Gasteiger partial charge >= 0.3 is 0 Å². The van der Waals surface area contributed by atoms with Crippen molar-refractivity contribution in [2.24, 2.45) is 0 Å². The molecule has 0 unspecified atom stereocenters. The van der Waals surface area contributed by atoms with Gasteiger partial charge in [0.25, 0.3) is 0 Å². The summed E-state index contributed by atoms with van der Waals surface area (Å²) in [5.74, 6) is 0. The van der Waals surface area contributed by atoms with Gasteiger partial charge in [-0.3, -0.25) is 0 Å². The second kappa shape index (κ2) is 4.79. The van der Waals surface area contributed by atoms with Crippen LogP contribution in [0.3, 0.4) is 0 Å². The molecule has 0 aliphatic rings. The normalized spacial score (nSPS) is 10.6. The summed E-state index contributed by atoms with van der Waals surface area (Å²) < 4.78 is 3.13. The molecule has 0 saturated heterocycles. The average molecular weight is 279 g/mol. The van der Waals surface area contributed by atoms with Crippen molar-refractivity contribution in [1.82, 2.24) is 15.0 Å². The number of aryl methyl sites for hydroxylation is 2. The van der Waals surface area contributed by atoms with Crippen LogP contribution in [0.5, 0.6) is 0 Å². The second-order valence-electron chi connectivity index (χ2n) is 2.75. The average Bonchev–Trinajstić information content (AvgIpc) is 2.43. The molecule has 0 aromatic carbocycles. The largest absolute Gasteiger partial charge is 0.239 e. The number of unbranched alkanes of at least 4 members (excludes halogenated alkanes) is 1. The Morgan fingerprint density at radius 3 is 2.67 bits per heavy atom. The van der Waals surface area contributed by atoms with Crippen molar-refractivity contribution in [2.45, 2.75) is 39.7 Å². The Bertz CT molecular complexity index is 244. The molecule has 1 rings (SSSR count). The van der Waals surface area contributed by atoms with E-state index in [0.29, 0.717) is 0 Å². The maximum Gasteiger partial charge on any atom is 0.122 e. The van der Waals surface area contributed by atoms with Gasteiger partial charge in [-0.25, -0.2) is 4.68 Å². The first-order valence-corrected chi connectivity index (χ1v) is 5.45. The molecular weight excluding hydrogens is 265 g/mol. The third kappa shape index (κ3) is 2.18. The van der Waals surface area contributed by atoms with Crippen LogP contribution in [0.15, 0.2) is 0 Å². The van der Waals surface area contributed by atoms with Crippen LogP contribution in [0.1, 0.15) is 32.4 Å². The van der Waals surface area contributed by atoms with E-state index in [4.69, 9.17) is 0 Å². The van der Waals surface area contributed by atoms with Gasteiger partial charge in [0.15, 0.2) is 0 Å². The molecule has 0 aliphatic carbocycles. The van der Waals surface area contributed by atoms with Crippen LogP contribution in [0.2, 0.25) is 0 Å². The first-order chi connectivity index (χ1) is 5.79. The van der Waals surface area contributed by atoms with Crippen molar-refractivity contribution in [3.63, 3.8) is 0 Å². The molecular formula is C8H14IN3. The number of rotatable bonds is 4. The predicted molar refractivity (Wildman–Crippen MR) is 57.0 cm³/mol. The van der Waals surface area contributed by atoms with Gasteiger partial charge < -0.3 is 0 Å². The maximum absolute atomic E-state index is 4.13. The first-order valence-electron chi connectivity index (χ1n) is 4.37. The van der Waals surface area contributed by atoms with E-state index >= 15 is 0 Å². The zero-order chi connectivity index (χ0) is 8.97. The SMILES string of the molecule is CCCCc1nnn(CC)c1I. The highest BCUT2D eigenvalue weighted by Gasteiger charge is 2.06. The highest BCUT2D eigenvalue weighted by atomic mass is 127. The summed E-state index contributed by atoms with van der Waals surface area (Å²) in [5.41, 5.74) is 1.15. The van der Waals surface area contributed by atoms with Gasteiger partial charge in [0.2, 0.25) is 0 Å². The minimum atomic E-state index is 0.914. The molecule has 0 saturated carbocycles. The Morgan fingerprint density at radius 2 is 2.17 bits per heavy atom. The fraction of sp³-hybridized carbons (Fsp3) is 0.750. The number of hydrogen-bond acceptors (Lipinski definition) is 2. The van der Waals surface area contributed by atoms with Crippen LogP contribution in [0.25, 0.3) is 0 Å². The van der Waals surface area contributed by atoms with Crippen molar-refractivity contribution >= 4 is 22.6 Å². The molecule has 1 heterocycles. The van der Waals surface area contributed by atoms with E-state index in [-0.39, 0.29) is 0 Å². The topological polar surface area (TPSA) is 30.7 Å². The molecule has 0 bridgehead atoms. The quantitative estimate of drug-likeness (QED) is 0.791. The van der Waals surface area contributed by atoms with Crippen molar-refractivity contribution in [2.75, 3.05) is 0 Å². The molecule has 1 aromatic rings. The minimum Gasteiger partial charge on any atom is -0.239 e. The van der Waals surface area contributed by atoms with E-state index < -0.39 is 0 Å². The Balaban J connectivity index is 2.66. The second-order valence-corrected chi connectivity index (χ2v) is 3.77. The lowest BCUT2D eigenvalue weighted by molar-refractivity contribution is 0.614. The fourth-order valence-electron chi connectivity index (χ4n) is 1.04. The van der Waals surface area contributed by atoms with Crippen molar-refractivity contribution in [3.8, 4) is 0 Å². The standard InChI is InChI=1S/C8H14IN3/c1-3-5-6-7-8(9)12(4-2)11-10-7/h3-6H2,1-2H3. The molecule has 0 fully saturated rings. The summed E-state index contributed by atoms with van der Waals surface area (Å²) in [6, 6.07) is 0. The van der Waals surface area contributed by atoms with E-state index in [2.05, 4.69) is 46.8 Å². The Labute approximate surface area is 86.7 Å². The van der Waals surface area contributed by atoms with Gasteiger partial charge in [-0.05, 0) is 42.4 Å². The highest BCUT2D eigenvalue weighted by molar-refractivity contribution is 14.1. The third-order valence-electron chi connectivity index (χ3n) is 1.80. The monoisotopic (exact) mass is 279 g/mol. The molecule has 4 heteroatoms. The van der Waals surface area contributed by atoms with Crippen LogP contribution in [0, 0.1) is 3.70 Å². The molecule has 0 radical (unpaired) electrons. The number of halogens is 1. The predicted octanol–water partition coefficient (Wildman–Crippen LogP) is 2.25. The fourth-order valence-corrected chi connectivity index (χ4v) is 1.85. The maximum atomic E-state index is 4.13. The van der Waals surface area contributed by atoms with Gasteiger partial charge in [0.1, 0.15) is 3.70 Å². The number of hydrogen-bond donors (Lipinski definition) is 0. The zero-order valence-corrected chi connectivity index (χ0v) is 9.71. The molecule has 0 spiro atoms.